The quantitative estimate of drug-likeness (QED) is 0.446. The van der Waals surface area contributed by atoms with Gasteiger partial charge in [-0.2, -0.15) is 0 Å². The molecule has 1 aliphatic rings. The lowest BCUT2D eigenvalue weighted by molar-refractivity contribution is -0.129. The number of methoxy groups -OCH3 is 1. The second-order valence-electron chi connectivity index (χ2n) is 5.68. The standard InChI is InChI=1S/C21H16ClNO4/c1-4-9-26-19-16(22)10-14(12-18(19)25-3)11-17-21(24)27-20(23-17)15-8-6-5-7-13(15)2/h1,5-8,10-12H,9H2,2-3H3/b17-11+. The Morgan fingerprint density at radius 2 is 2.11 bits per heavy atom. The highest BCUT2D eigenvalue weighted by Crippen LogP contribution is 2.37. The average molecular weight is 382 g/mol. The van der Waals surface area contributed by atoms with Crippen molar-refractivity contribution in [3.8, 4) is 23.8 Å². The molecule has 0 bridgehead atoms. The van der Waals surface area contributed by atoms with Crippen molar-refractivity contribution in [2.24, 2.45) is 4.99 Å². The minimum Gasteiger partial charge on any atom is -0.493 e. The summed E-state index contributed by atoms with van der Waals surface area (Å²) in [5.41, 5.74) is 2.52. The highest BCUT2D eigenvalue weighted by atomic mass is 35.5. The number of benzene rings is 2. The molecule has 27 heavy (non-hydrogen) atoms. The first-order chi connectivity index (χ1) is 13.0. The monoisotopic (exact) mass is 381 g/mol. The van der Waals surface area contributed by atoms with Crippen molar-refractivity contribution in [3.63, 3.8) is 0 Å². The normalized spacial score (nSPS) is 14.5. The molecule has 1 heterocycles. The fourth-order valence-electron chi connectivity index (χ4n) is 2.57. The number of hydrogen-bond donors (Lipinski definition) is 0. The van der Waals surface area contributed by atoms with Crippen LogP contribution in [0.5, 0.6) is 11.5 Å². The number of carbonyl (C=O) groups excluding carboxylic acids is 1. The zero-order valence-corrected chi connectivity index (χ0v) is 15.5. The molecule has 0 amide bonds. The van der Waals surface area contributed by atoms with Gasteiger partial charge in [-0.25, -0.2) is 9.79 Å². The summed E-state index contributed by atoms with van der Waals surface area (Å²) in [6, 6.07) is 10.9. The van der Waals surface area contributed by atoms with Crippen molar-refractivity contribution < 1.29 is 19.0 Å². The van der Waals surface area contributed by atoms with Gasteiger partial charge in [0.2, 0.25) is 5.90 Å². The van der Waals surface area contributed by atoms with Crippen LogP contribution in [0, 0.1) is 19.3 Å². The first-order valence-electron chi connectivity index (χ1n) is 8.06. The summed E-state index contributed by atoms with van der Waals surface area (Å²) in [5.74, 6) is 2.86. The van der Waals surface area contributed by atoms with Gasteiger partial charge >= 0.3 is 5.97 Å². The Hall–Kier alpha value is -3.23. The molecule has 0 aromatic heterocycles. The van der Waals surface area contributed by atoms with Gasteiger partial charge in [-0.15, -0.1) is 6.42 Å². The van der Waals surface area contributed by atoms with Crippen molar-refractivity contribution in [2.45, 2.75) is 6.92 Å². The number of rotatable bonds is 5. The van der Waals surface area contributed by atoms with Crippen molar-refractivity contribution in [1.82, 2.24) is 0 Å². The predicted octanol–water partition coefficient (Wildman–Crippen LogP) is 4.01. The summed E-state index contributed by atoms with van der Waals surface area (Å²) in [6.45, 7) is 1.99. The average Bonchev–Trinajstić information content (AvgIpc) is 3.01. The molecule has 0 aliphatic carbocycles. The summed E-state index contributed by atoms with van der Waals surface area (Å²) in [4.78, 5) is 16.5. The number of carbonyl (C=O) groups is 1. The highest BCUT2D eigenvalue weighted by Gasteiger charge is 2.25. The van der Waals surface area contributed by atoms with Crippen LogP contribution in [0.4, 0.5) is 0 Å². The number of hydrogen-bond acceptors (Lipinski definition) is 5. The fourth-order valence-corrected chi connectivity index (χ4v) is 2.85. The number of halogens is 1. The van der Waals surface area contributed by atoms with E-state index in [1.165, 1.54) is 7.11 Å². The van der Waals surface area contributed by atoms with Gasteiger partial charge in [-0.3, -0.25) is 0 Å². The van der Waals surface area contributed by atoms with Gasteiger partial charge in [0.1, 0.15) is 6.61 Å². The van der Waals surface area contributed by atoms with E-state index in [1.807, 2.05) is 31.2 Å². The molecule has 3 rings (SSSR count). The van der Waals surface area contributed by atoms with Crippen LogP contribution in [0.2, 0.25) is 5.02 Å². The van der Waals surface area contributed by atoms with E-state index in [0.717, 1.165) is 11.1 Å². The third-order valence-electron chi connectivity index (χ3n) is 3.85. The Labute approximate surface area is 162 Å². The molecule has 0 fully saturated rings. The Kier molecular flexibility index (Phi) is 5.49. The third kappa shape index (κ3) is 3.97. The molecule has 5 nitrogen and oxygen atoms in total. The molecule has 0 atom stereocenters. The fraction of sp³-hybridized carbons (Fsp3) is 0.143. The Morgan fingerprint density at radius 3 is 2.81 bits per heavy atom. The van der Waals surface area contributed by atoms with Gasteiger partial charge in [-0.1, -0.05) is 35.7 Å². The van der Waals surface area contributed by atoms with E-state index in [2.05, 4.69) is 10.9 Å². The maximum atomic E-state index is 12.2. The minimum absolute atomic E-state index is 0.0624. The van der Waals surface area contributed by atoms with Crippen molar-refractivity contribution in [3.05, 3.63) is 63.8 Å². The summed E-state index contributed by atoms with van der Waals surface area (Å²) in [7, 11) is 1.49. The molecule has 0 N–H and O–H groups in total. The largest absolute Gasteiger partial charge is 0.493 e. The number of cyclic esters (lactones) is 1. The molecule has 0 spiro atoms. The second kappa shape index (κ2) is 7.98. The zero-order valence-electron chi connectivity index (χ0n) is 14.8. The van der Waals surface area contributed by atoms with Crippen LogP contribution in [-0.2, 0) is 9.53 Å². The lowest BCUT2D eigenvalue weighted by Crippen LogP contribution is -2.06. The van der Waals surface area contributed by atoms with Crippen molar-refractivity contribution in [2.75, 3.05) is 13.7 Å². The Bertz CT molecular complexity index is 1000. The van der Waals surface area contributed by atoms with Gasteiger partial charge in [0.15, 0.2) is 17.2 Å². The van der Waals surface area contributed by atoms with Gasteiger partial charge in [0.05, 0.1) is 12.1 Å². The first-order valence-corrected chi connectivity index (χ1v) is 8.43. The number of aryl methyl sites for hydroxylation is 1. The number of ether oxygens (including phenoxy) is 3. The zero-order chi connectivity index (χ0) is 19.4. The summed E-state index contributed by atoms with van der Waals surface area (Å²) >= 11 is 6.26. The predicted molar refractivity (Wildman–Crippen MR) is 104 cm³/mol. The van der Waals surface area contributed by atoms with Crippen LogP contribution in [0.25, 0.3) is 6.08 Å². The number of aliphatic imine (C=N–C) groups is 1. The maximum absolute atomic E-state index is 12.2. The lowest BCUT2D eigenvalue weighted by atomic mass is 10.1. The molecule has 6 heteroatoms. The number of terminal acetylenes is 1. The third-order valence-corrected chi connectivity index (χ3v) is 4.13. The van der Waals surface area contributed by atoms with E-state index in [0.29, 0.717) is 22.1 Å². The van der Waals surface area contributed by atoms with E-state index in [-0.39, 0.29) is 18.2 Å². The SMILES string of the molecule is C#CCOc1c(Cl)cc(/C=C2/N=C(c3ccccc3C)OC2=O)cc1OC. The Balaban J connectivity index is 1.97. The van der Waals surface area contributed by atoms with Crippen molar-refractivity contribution >= 4 is 29.5 Å². The van der Waals surface area contributed by atoms with Crippen LogP contribution < -0.4 is 9.47 Å². The molecule has 0 unspecified atom stereocenters. The second-order valence-corrected chi connectivity index (χ2v) is 6.09. The van der Waals surface area contributed by atoms with E-state index in [9.17, 15) is 4.79 Å². The molecule has 0 saturated carbocycles. The molecule has 2 aromatic carbocycles. The highest BCUT2D eigenvalue weighted by molar-refractivity contribution is 6.32. The van der Waals surface area contributed by atoms with Gasteiger partial charge in [-0.05, 0) is 42.3 Å². The van der Waals surface area contributed by atoms with Crippen LogP contribution in [0.1, 0.15) is 16.7 Å². The molecule has 2 aromatic rings. The summed E-state index contributed by atoms with van der Waals surface area (Å²) in [6.07, 6.45) is 6.79. The van der Waals surface area contributed by atoms with Gasteiger partial charge in [0, 0.05) is 5.56 Å². The van der Waals surface area contributed by atoms with Gasteiger partial charge in [0.25, 0.3) is 0 Å². The minimum atomic E-state index is -0.531. The topological polar surface area (TPSA) is 57.1 Å². The maximum Gasteiger partial charge on any atom is 0.363 e. The molecular formula is C21H16ClNO4. The van der Waals surface area contributed by atoms with Crippen molar-refractivity contribution in [1.29, 1.82) is 0 Å². The number of nitrogens with zero attached hydrogens (tertiary/aromatic N) is 1. The van der Waals surface area contributed by atoms with Crippen LogP contribution >= 0.6 is 11.6 Å². The molecule has 136 valence electrons. The summed E-state index contributed by atoms with van der Waals surface area (Å²) < 4.78 is 16.0. The molecule has 0 saturated heterocycles. The first kappa shape index (κ1) is 18.6. The van der Waals surface area contributed by atoms with E-state index >= 15 is 0 Å². The van der Waals surface area contributed by atoms with E-state index in [1.54, 1.807) is 18.2 Å². The number of esters is 1. The van der Waals surface area contributed by atoms with Crippen LogP contribution in [0.3, 0.4) is 0 Å². The lowest BCUT2D eigenvalue weighted by Gasteiger charge is -2.11. The van der Waals surface area contributed by atoms with Crippen LogP contribution in [0.15, 0.2) is 47.1 Å². The van der Waals surface area contributed by atoms with Crippen LogP contribution in [-0.4, -0.2) is 25.6 Å². The van der Waals surface area contributed by atoms with E-state index < -0.39 is 5.97 Å². The Morgan fingerprint density at radius 1 is 1.33 bits per heavy atom. The molecular weight excluding hydrogens is 366 g/mol. The van der Waals surface area contributed by atoms with E-state index in [4.69, 9.17) is 32.2 Å². The summed E-state index contributed by atoms with van der Waals surface area (Å²) in [5, 5.41) is 0.311. The van der Waals surface area contributed by atoms with Gasteiger partial charge < -0.3 is 14.2 Å². The smallest absolute Gasteiger partial charge is 0.363 e. The molecule has 1 aliphatic heterocycles. The molecule has 0 radical (unpaired) electrons.